The van der Waals surface area contributed by atoms with E-state index in [2.05, 4.69) is 27.7 Å². The van der Waals surface area contributed by atoms with E-state index in [1.807, 2.05) is 0 Å². The lowest BCUT2D eigenvalue weighted by atomic mass is 10.1. The van der Waals surface area contributed by atoms with Crippen LogP contribution in [-0.2, 0) is 11.8 Å². The molecule has 0 radical (unpaired) electrons. The first-order valence-electron chi connectivity index (χ1n) is 5.01. The second-order valence-electron chi connectivity index (χ2n) is 3.77. The lowest BCUT2D eigenvalue weighted by molar-refractivity contribution is -0.386. The predicted molar refractivity (Wildman–Crippen MR) is 65.6 cm³/mol. The number of aryl methyl sites for hydroxylation is 1. The number of nitro groups is 1. The largest absolute Gasteiger partial charge is 0.368 e. The molecule has 1 saturated heterocycles. The molecular weight excluding hydrogens is 325 g/mol. The summed E-state index contributed by atoms with van der Waals surface area (Å²) in [5.74, 6) is 0. The molecule has 2 heterocycles. The summed E-state index contributed by atoms with van der Waals surface area (Å²) in [5.41, 5.74) is 0.638. The predicted octanol–water partition coefficient (Wildman–Crippen LogP) is 1.98. The van der Waals surface area contributed by atoms with Crippen molar-refractivity contribution >= 4 is 28.3 Å². The molecule has 1 aliphatic rings. The highest BCUT2D eigenvalue weighted by Crippen LogP contribution is 2.37. The van der Waals surface area contributed by atoms with Crippen LogP contribution in [0.3, 0.4) is 0 Å². The molecule has 6 nitrogen and oxygen atoms in total. The van der Waals surface area contributed by atoms with Crippen LogP contribution in [0.15, 0.2) is 6.20 Å². The van der Waals surface area contributed by atoms with Gasteiger partial charge in [0.25, 0.3) is 0 Å². The SMILES string of the molecule is Cn1ncc([N+](=O)[O-])c1[C@@H]1CC[C@@H](CI)O1. The van der Waals surface area contributed by atoms with E-state index in [0.717, 1.165) is 17.3 Å². The average Bonchev–Trinajstić information content (AvgIpc) is 2.83. The Kier molecular flexibility index (Phi) is 3.43. The summed E-state index contributed by atoms with van der Waals surface area (Å²) >= 11 is 2.27. The van der Waals surface area contributed by atoms with Gasteiger partial charge in [0, 0.05) is 11.5 Å². The molecular formula is C9H12IN3O3. The van der Waals surface area contributed by atoms with E-state index in [1.165, 1.54) is 6.20 Å². The van der Waals surface area contributed by atoms with Gasteiger partial charge < -0.3 is 4.74 Å². The molecule has 1 aromatic heterocycles. The Balaban J connectivity index is 2.26. The maximum absolute atomic E-state index is 10.8. The molecule has 7 heteroatoms. The van der Waals surface area contributed by atoms with Gasteiger partial charge in [0.2, 0.25) is 0 Å². The van der Waals surface area contributed by atoms with Gasteiger partial charge in [-0.1, -0.05) is 22.6 Å². The Morgan fingerprint density at radius 2 is 2.50 bits per heavy atom. The maximum Gasteiger partial charge on any atom is 0.312 e. The van der Waals surface area contributed by atoms with Crippen LogP contribution in [0.25, 0.3) is 0 Å². The molecule has 0 bridgehead atoms. The van der Waals surface area contributed by atoms with Crippen molar-refractivity contribution in [2.45, 2.75) is 25.0 Å². The molecule has 88 valence electrons. The lowest BCUT2D eigenvalue weighted by Crippen LogP contribution is -2.11. The number of hydrogen-bond donors (Lipinski definition) is 0. The zero-order valence-electron chi connectivity index (χ0n) is 8.80. The second kappa shape index (κ2) is 4.66. The summed E-state index contributed by atoms with van der Waals surface area (Å²) in [7, 11) is 1.71. The highest BCUT2D eigenvalue weighted by molar-refractivity contribution is 14.1. The van der Waals surface area contributed by atoms with Gasteiger partial charge >= 0.3 is 5.69 Å². The van der Waals surface area contributed by atoms with Crippen LogP contribution in [0, 0.1) is 10.1 Å². The van der Waals surface area contributed by atoms with E-state index in [4.69, 9.17) is 4.74 Å². The fraction of sp³-hybridized carbons (Fsp3) is 0.667. The van der Waals surface area contributed by atoms with Crippen molar-refractivity contribution in [2.24, 2.45) is 7.05 Å². The zero-order valence-corrected chi connectivity index (χ0v) is 11.0. The van der Waals surface area contributed by atoms with Crippen LogP contribution < -0.4 is 0 Å². The van der Waals surface area contributed by atoms with E-state index in [9.17, 15) is 10.1 Å². The molecule has 0 N–H and O–H groups in total. The molecule has 2 rings (SSSR count). The first kappa shape index (κ1) is 11.8. The van der Waals surface area contributed by atoms with Crippen molar-refractivity contribution in [3.8, 4) is 0 Å². The lowest BCUT2D eigenvalue weighted by Gasteiger charge is -2.11. The van der Waals surface area contributed by atoms with Crippen molar-refractivity contribution in [2.75, 3.05) is 4.43 Å². The van der Waals surface area contributed by atoms with Crippen LogP contribution in [0.1, 0.15) is 24.6 Å². The molecule has 2 atom stereocenters. The van der Waals surface area contributed by atoms with Gasteiger partial charge in [0.05, 0.1) is 11.0 Å². The monoisotopic (exact) mass is 337 g/mol. The molecule has 0 unspecified atom stereocenters. The van der Waals surface area contributed by atoms with Crippen LogP contribution in [0.5, 0.6) is 0 Å². The fourth-order valence-corrected chi connectivity index (χ4v) is 2.62. The van der Waals surface area contributed by atoms with Gasteiger partial charge in [0.1, 0.15) is 18.0 Å². The molecule has 0 spiro atoms. The van der Waals surface area contributed by atoms with E-state index >= 15 is 0 Å². The minimum absolute atomic E-state index is 0.0570. The number of rotatable bonds is 3. The second-order valence-corrected chi connectivity index (χ2v) is 4.65. The number of halogens is 1. The number of alkyl halides is 1. The third-order valence-corrected chi connectivity index (χ3v) is 3.73. The highest BCUT2D eigenvalue weighted by Gasteiger charge is 2.33. The van der Waals surface area contributed by atoms with E-state index in [1.54, 1.807) is 11.7 Å². The standard InChI is InChI=1S/C9H12IN3O3/c1-12-9(7(5-11-12)13(14)15)8-3-2-6(4-10)16-8/h5-6,8H,2-4H2,1H3/t6-,8-/m0/s1. The molecule has 0 amide bonds. The first-order chi connectivity index (χ1) is 7.63. The normalized spacial score (nSPS) is 24.9. The van der Waals surface area contributed by atoms with Crippen LogP contribution in [0.2, 0.25) is 0 Å². The summed E-state index contributed by atoms with van der Waals surface area (Å²) in [6, 6.07) is 0. The Morgan fingerprint density at radius 1 is 1.75 bits per heavy atom. The van der Waals surface area contributed by atoms with Gasteiger partial charge in [-0.25, -0.2) is 0 Å². The Hall–Kier alpha value is -0.700. The summed E-state index contributed by atoms with van der Waals surface area (Å²) in [5, 5.41) is 14.8. The number of nitrogens with zero attached hydrogens (tertiary/aromatic N) is 3. The molecule has 1 aliphatic heterocycles. The van der Waals surface area contributed by atoms with E-state index in [0.29, 0.717) is 5.69 Å². The van der Waals surface area contributed by atoms with E-state index < -0.39 is 4.92 Å². The number of hydrogen-bond acceptors (Lipinski definition) is 4. The topological polar surface area (TPSA) is 70.2 Å². The van der Waals surface area contributed by atoms with Gasteiger partial charge in [0.15, 0.2) is 0 Å². The first-order valence-corrected chi connectivity index (χ1v) is 6.53. The number of aromatic nitrogens is 2. The Labute approximate surface area is 106 Å². The van der Waals surface area contributed by atoms with Crippen molar-refractivity contribution in [3.05, 3.63) is 22.0 Å². The summed E-state index contributed by atoms with van der Waals surface area (Å²) in [6.07, 6.45) is 3.09. The zero-order chi connectivity index (χ0) is 11.7. The highest BCUT2D eigenvalue weighted by atomic mass is 127. The minimum atomic E-state index is -0.400. The molecule has 16 heavy (non-hydrogen) atoms. The minimum Gasteiger partial charge on any atom is -0.368 e. The third kappa shape index (κ3) is 2.05. The van der Waals surface area contributed by atoms with Gasteiger partial charge in [-0.15, -0.1) is 0 Å². The van der Waals surface area contributed by atoms with Crippen molar-refractivity contribution in [3.63, 3.8) is 0 Å². The quantitative estimate of drug-likeness (QED) is 0.366. The summed E-state index contributed by atoms with van der Waals surface area (Å²) in [6.45, 7) is 0. The van der Waals surface area contributed by atoms with Gasteiger partial charge in [-0.2, -0.15) is 5.10 Å². The Morgan fingerprint density at radius 3 is 3.06 bits per heavy atom. The van der Waals surface area contributed by atoms with Crippen LogP contribution in [-0.4, -0.2) is 25.2 Å². The van der Waals surface area contributed by atoms with Crippen molar-refractivity contribution in [1.29, 1.82) is 0 Å². The molecule has 0 aromatic carbocycles. The van der Waals surface area contributed by atoms with Crippen LogP contribution in [0.4, 0.5) is 5.69 Å². The third-order valence-electron chi connectivity index (χ3n) is 2.75. The fourth-order valence-electron chi connectivity index (χ4n) is 1.97. The van der Waals surface area contributed by atoms with E-state index in [-0.39, 0.29) is 17.9 Å². The summed E-state index contributed by atoms with van der Waals surface area (Å²) in [4.78, 5) is 10.4. The van der Waals surface area contributed by atoms with Gasteiger partial charge in [-0.05, 0) is 12.8 Å². The molecule has 0 saturated carbocycles. The van der Waals surface area contributed by atoms with Gasteiger partial charge in [-0.3, -0.25) is 14.8 Å². The van der Waals surface area contributed by atoms with Crippen molar-refractivity contribution < 1.29 is 9.66 Å². The smallest absolute Gasteiger partial charge is 0.312 e. The Bertz CT molecular complexity index is 407. The molecule has 1 aromatic rings. The molecule has 1 fully saturated rings. The maximum atomic E-state index is 10.8. The summed E-state index contributed by atoms with van der Waals surface area (Å²) < 4.78 is 8.21. The average molecular weight is 337 g/mol. The van der Waals surface area contributed by atoms with Crippen molar-refractivity contribution in [1.82, 2.24) is 9.78 Å². The molecule has 0 aliphatic carbocycles. The number of ether oxygens (including phenoxy) is 1. The van der Waals surface area contributed by atoms with Crippen LogP contribution >= 0.6 is 22.6 Å².